The highest BCUT2D eigenvalue weighted by Crippen LogP contribution is 2.27. The Morgan fingerprint density at radius 2 is 1.90 bits per heavy atom. The van der Waals surface area contributed by atoms with Gasteiger partial charge in [0, 0.05) is 30.9 Å². The summed E-state index contributed by atoms with van der Waals surface area (Å²) in [4.78, 5) is 2.46. The molecule has 0 aromatic carbocycles. The van der Waals surface area contributed by atoms with E-state index in [4.69, 9.17) is 4.74 Å². The van der Waals surface area contributed by atoms with E-state index in [0.29, 0.717) is 6.42 Å². The molecule has 0 radical (unpaired) electrons. The second-order valence-electron chi connectivity index (χ2n) is 6.24. The zero-order valence-corrected chi connectivity index (χ0v) is 14.8. The summed E-state index contributed by atoms with van der Waals surface area (Å²) in [6.07, 6.45) is 4.04. The summed E-state index contributed by atoms with van der Waals surface area (Å²) in [6.45, 7) is 10.9. The molecular weight excluding hydrogens is 288 g/mol. The van der Waals surface area contributed by atoms with Crippen molar-refractivity contribution in [1.82, 2.24) is 10.2 Å². The van der Waals surface area contributed by atoms with Crippen LogP contribution in [0.15, 0.2) is 0 Å². The molecule has 21 heavy (non-hydrogen) atoms. The minimum Gasteiger partial charge on any atom is -0.379 e. The molecule has 0 bridgehead atoms. The molecule has 0 spiro atoms. The highest BCUT2D eigenvalue weighted by molar-refractivity contribution is 7.90. The van der Waals surface area contributed by atoms with Gasteiger partial charge in [0.1, 0.15) is 9.84 Å². The second-order valence-corrected chi connectivity index (χ2v) is 8.50. The van der Waals surface area contributed by atoms with E-state index < -0.39 is 9.84 Å². The van der Waals surface area contributed by atoms with Crippen molar-refractivity contribution in [3.8, 4) is 0 Å². The van der Waals surface area contributed by atoms with Crippen LogP contribution in [0.2, 0.25) is 0 Å². The van der Waals surface area contributed by atoms with E-state index in [0.717, 1.165) is 45.7 Å². The first-order chi connectivity index (χ1) is 9.83. The van der Waals surface area contributed by atoms with Crippen LogP contribution < -0.4 is 5.32 Å². The Bertz CT molecular complexity index is 394. The number of nitrogens with one attached hydrogen (secondary N) is 1. The van der Waals surface area contributed by atoms with Crippen molar-refractivity contribution >= 4 is 9.84 Å². The number of rotatable bonds is 9. The van der Waals surface area contributed by atoms with Crippen LogP contribution in [0.4, 0.5) is 0 Å². The Morgan fingerprint density at radius 1 is 1.29 bits per heavy atom. The maximum Gasteiger partial charge on any atom is 0.147 e. The predicted octanol–water partition coefficient (Wildman–Crippen LogP) is 1.29. The SMILES string of the molecule is CCCNC(CCS(C)(=O)=O)C(C)(CC)N1CCOCC1. The molecule has 1 fully saturated rings. The predicted molar refractivity (Wildman–Crippen MR) is 87.5 cm³/mol. The molecule has 0 saturated carbocycles. The van der Waals surface area contributed by atoms with E-state index in [1.165, 1.54) is 6.26 Å². The Kier molecular flexibility index (Phi) is 7.60. The topological polar surface area (TPSA) is 58.6 Å². The van der Waals surface area contributed by atoms with Crippen molar-refractivity contribution in [1.29, 1.82) is 0 Å². The second kappa shape index (κ2) is 8.46. The Balaban J connectivity index is 2.83. The minimum absolute atomic E-state index is 0.0242. The zero-order valence-electron chi connectivity index (χ0n) is 14.0. The highest BCUT2D eigenvalue weighted by atomic mass is 32.2. The summed E-state index contributed by atoms with van der Waals surface area (Å²) in [5.74, 6) is 0.244. The van der Waals surface area contributed by atoms with E-state index in [9.17, 15) is 8.42 Å². The molecule has 0 aromatic rings. The van der Waals surface area contributed by atoms with Gasteiger partial charge in [-0.3, -0.25) is 4.90 Å². The van der Waals surface area contributed by atoms with E-state index in [1.54, 1.807) is 0 Å². The molecule has 126 valence electrons. The molecule has 0 aliphatic carbocycles. The number of morpholine rings is 1. The normalized spacial score (nSPS) is 21.9. The molecule has 1 heterocycles. The van der Waals surface area contributed by atoms with E-state index in [2.05, 4.69) is 31.0 Å². The van der Waals surface area contributed by atoms with Gasteiger partial charge >= 0.3 is 0 Å². The number of nitrogens with zero attached hydrogens (tertiary/aromatic N) is 1. The summed E-state index contributed by atoms with van der Waals surface area (Å²) in [5, 5.41) is 3.58. The lowest BCUT2D eigenvalue weighted by atomic mass is 9.85. The lowest BCUT2D eigenvalue weighted by Gasteiger charge is -2.48. The molecule has 2 atom stereocenters. The summed E-state index contributed by atoms with van der Waals surface area (Å²) in [5.41, 5.74) is -0.0242. The number of sulfone groups is 1. The molecule has 1 rings (SSSR count). The standard InChI is InChI=1S/C15H32N2O3S/c1-5-8-16-14(7-13-21(4,18)19)15(3,6-2)17-9-11-20-12-10-17/h14,16H,5-13H2,1-4H3. The lowest BCUT2D eigenvalue weighted by Crippen LogP contribution is -2.62. The third-order valence-electron chi connectivity index (χ3n) is 4.62. The lowest BCUT2D eigenvalue weighted by molar-refractivity contribution is -0.0326. The Labute approximate surface area is 130 Å². The molecule has 5 nitrogen and oxygen atoms in total. The first-order valence-corrected chi connectivity index (χ1v) is 10.1. The van der Waals surface area contributed by atoms with Crippen molar-refractivity contribution in [2.75, 3.05) is 44.9 Å². The third-order valence-corrected chi connectivity index (χ3v) is 5.60. The maximum atomic E-state index is 11.5. The maximum absolute atomic E-state index is 11.5. The van der Waals surface area contributed by atoms with Crippen LogP contribution in [0.5, 0.6) is 0 Å². The van der Waals surface area contributed by atoms with Crippen LogP contribution in [-0.4, -0.2) is 69.8 Å². The summed E-state index contributed by atoms with van der Waals surface area (Å²) < 4.78 is 28.5. The van der Waals surface area contributed by atoms with Crippen LogP contribution in [0.1, 0.15) is 40.0 Å². The summed E-state index contributed by atoms with van der Waals surface area (Å²) in [7, 11) is -2.93. The average molecular weight is 320 g/mol. The fourth-order valence-electron chi connectivity index (χ4n) is 3.05. The van der Waals surface area contributed by atoms with Gasteiger partial charge in [0.25, 0.3) is 0 Å². The fraction of sp³-hybridized carbons (Fsp3) is 1.00. The molecule has 1 aliphatic heterocycles. The smallest absolute Gasteiger partial charge is 0.147 e. The minimum atomic E-state index is -2.93. The molecule has 0 amide bonds. The Hall–Kier alpha value is -0.170. The van der Waals surface area contributed by atoms with Gasteiger partial charge in [-0.15, -0.1) is 0 Å². The Morgan fingerprint density at radius 3 is 2.38 bits per heavy atom. The molecular formula is C15H32N2O3S. The van der Waals surface area contributed by atoms with Gasteiger partial charge in [-0.1, -0.05) is 13.8 Å². The van der Waals surface area contributed by atoms with Gasteiger partial charge in [-0.05, 0) is 32.7 Å². The van der Waals surface area contributed by atoms with Crippen molar-refractivity contribution in [2.45, 2.75) is 51.6 Å². The highest BCUT2D eigenvalue weighted by Gasteiger charge is 2.38. The van der Waals surface area contributed by atoms with Gasteiger partial charge in [0.2, 0.25) is 0 Å². The first kappa shape index (κ1) is 18.9. The van der Waals surface area contributed by atoms with Crippen LogP contribution in [0.3, 0.4) is 0 Å². The van der Waals surface area contributed by atoms with Crippen LogP contribution in [0, 0.1) is 0 Å². The van der Waals surface area contributed by atoms with E-state index in [1.807, 2.05) is 0 Å². The molecule has 1 N–H and O–H groups in total. The summed E-state index contributed by atoms with van der Waals surface area (Å²) in [6, 6.07) is 0.190. The van der Waals surface area contributed by atoms with Crippen LogP contribution in [-0.2, 0) is 14.6 Å². The molecule has 0 aromatic heterocycles. The van der Waals surface area contributed by atoms with E-state index >= 15 is 0 Å². The van der Waals surface area contributed by atoms with E-state index in [-0.39, 0.29) is 17.3 Å². The summed E-state index contributed by atoms with van der Waals surface area (Å²) >= 11 is 0. The van der Waals surface area contributed by atoms with Crippen LogP contribution in [0.25, 0.3) is 0 Å². The first-order valence-electron chi connectivity index (χ1n) is 8.07. The number of ether oxygens (including phenoxy) is 1. The van der Waals surface area contributed by atoms with Crippen molar-refractivity contribution in [3.63, 3.8) is 0 Å². The van der Waals surface area contributed by atoms with Crippen molar-refractivity contribution < 1.29 is 13.2 Å². The van der Waals surface area contributed by atoms with Gasteiger partial charge < -0.3 is 10.1 Å². The van der Waals surface area contributed by atoms with Crippen molar-refractivity contribution in [2.24, 2.45) is 0 Å². The quantitative estimate of drug-likeness (QED) is 0.694. The van der Waals surface area contributed by atoms with Gasteiger partial charge in [-0.2, -0.15) is 0 Å². The van der Waals surface area contributed by atoms with Gasteiger partial charge in [-0.25, -0.2) is 8.42 Å². The number of hydrogen-bond donors (Lipinski definition) is 1. The largest absolute Gasteiger partial charge is 0.379 e. The van der Waals surface area contributed by atoms with Gasteiger partial charge in [0.05, 0.1) is 19.0 Å². The third kappa shape index (κ3) is 5.85. The zero-order chi connectivity index (χ0) is 15.9. The average Bonchev–Trinajstić information content (AvgIpc) is 2.46. The van der Waals surface area contributed by atoms with Crippen molar-refractivity contribution in [3.05, 3.63) is 0 Å². The molecule has 1 saturated heterocycles. The van der Waals surface area contributed by atoms with Crippen LogP contribution >= 0.6 is 0 Å². The molecule has 6 heteroatoms. The fourth-order valence-corrected chi connectivity index (χ4v) is 3.71. The van der Waals surface area contributed by atoms with Gasteiger partial charge in [0.15, 0.2) is 0 Å². The monoisotopic (exact) mass is 320 g/mol. The molecule has 2 unspecified atom stereocenters. The molecule has 1 aliphatic rings. The number of hydrogen-bond acceptors (Lipinski definition) is 5.